The highest BCUT2D eigenvalue weighted by atomic mass is 16.8. The summed E-state index contributed by atoms with van der Waals surface area (Å²) in [7, 11) is 3.04. The minimum atomic E-state index is -0.664. The van der Waals surface area contributed by atoms with Gasteiger partial charge < -0.3 is 14.2 Å². The van der Waals surface area contributed by atoms with Crippen molar-refractivity contribution in [3.8, 4) is 0 Å². The van der Waals surface area contributed by atoms with Crippen molar-refractivity contribution < 1.29 is 14.2 Å². The van der Waals surface area contributed by atoms with E-state index in [-0.39, 0.29) is 0 Å². The van der Waals surface area contributed by atoms with Crippen molar-refractivity contribution in [2.75, 3.05) is 14.2 Å². The lowest BCUT2D eigenvalue weighted by Crippen LogP contribution is -2.17. The molecule has 0 saturated carbocycles. The fraction of sp³-hybridized carbons (Fsp3) is 0.400. The second kappa shape index (κ2) is 5.02. The summed E-state index contributed by atoms with van der Waals surface area (Å²) in [6, 6.07) is 3.83. The van der Waals surface area contributed by atoms with E-state index in [0.29, 0.717) is 6.61 Å². The van der Waals surface area contributed by atoms with Crippen LogP contribution in [0.1, 0.15) is 5.56 Å². The fourth-order valence-corrected chi connectivity index (χ4v) is 1.41. The van der Waals surface area contributed by atoms with Crippen LogP contribution in [0.25, 0.3) is 5.65 Å². The first-order valence-corrected chi connectivity index (χ1v) is 4.79. The molecule has 2 rings (SSSR count). The molecular weight excluding hydrogens is 210 g/mol. The van der Waals surface area contributed by atoms with Gasteiger partial charge in [0.05, 0.1) is 6.61 Å². The summed E-state index contributed by atoms with van der Waals surface area (Å²) in [6.07, 6.45) is 3.52. The number of rotatable bonds is 5. The van der Waals surface area contributed by atoms with Crippen LogP contribution >= 0.6 is 0 Å². The third-order valence-corrected chi connectivity index (χ3v) is 2.16. The van der Waals surface area contributed by atoms with E-state index in [2.05, 4.69) is 10.2 Å². The molecule has 0 spiro atoms. The minimum Gasteiger partial charge on any atom is -0.333 e. The smallest absolute Gasteiger partial charge is 0.271 e. The first-order valence-electron chi connectivity index (χ1n) is 4.79. The lowest BCUT2D eigenvalue weighted by Gasteiger charge is -2.13. The number of fused-ring (bicyclic) bond motifs is 1. The summed E-state index contributed by atoms with van der Waals surface area (Å²) in [5, 5.41) is 7.82. The predicted octanol–water partition coefficient (Wildman–Crippen LogP) is 0.822. The highest BCUT2D eigenvalue weighted by Crippen LogP contribution is 2.10. The molecule has 2 aromatic rings. The zero-order valence-electron chi connectivity index (χ0n) is 9.16. The van der Waals surface area contributed by atoms with Gasteiger partial charge >= 0.3 is 0 Å². The van der Waals surface area contributed by atoms with Gasteiger partial charge in [-0.25, -0.2) is 0 Å². The molecule has 0 radical (unpaired) electrons. The summed E-state index contributed by atoms with van der Waals surface area (Å²) >= 11 is 0. The molecule has 0 aliphatic heterocycles. The van der Waals surface area contributed by atoms with Gasteiger partial charge in [-0.15, -0.1) is 10.2 Å². The average Bonchev–Trinajstić information content (AvgIpc) is 2.79. The molecule has 0 N–H and O–H groups in total. The number of pyridine rings is 1. The molecule has 0 fully saturated rings. The Bertz CT molecular complexity index is 453. The third kappa shape index (κ3) is 2.19. The van der Waals surface area contributed by atoms with Gasteiger partial charge in [0.1, 0.15) is 6.33 Å². The van der Waals surface area contributed by atoms with Gasteiger partial charge in [0.2, 0.25) is 0 Å². The van der Waals surface area contributed by atoms with Gasteiger partial charge in [-0.2, -0.15) is 0 Å². The summed E-state index contributed by atoms with van der Waals surface area (Å²) in [5.74, 6) is 0. The molecule has 0 bridgehead atoms. The summed E-state index contributed by atoms with van der Waals surface area (Å²) in [6.45, 7) is -0.307. The Hall–Kier alpha value is -1.50. The molecule has 2 heterocycles. The average molecular weight is 223 g/mol. The number of ether oxygens (including phenoxy) is 3. The number of hydrogen-bond donors (Lipinski definition) is 0. The van der Waals surface area contributed by atoms with E-state index in [1.807, 2.05) is 22.7 Å². The van der Waals surface area contributed by atoms with Crippen LogP contribution in [0.2, 0.25) is 0 Å². The van der Waals surface area contributed by atoms with E-state index >= 15 is 0 Å². The van der Waals surface area contributed by atoms with Gasteiger partial charge in [-0.3, -0.25) is 4.40 Å². The van der Waals surface area contributed by atoms with Crippen LogP contribution in [-0.4, -0.2) is 35.3 Å². The monoisotopic (exact) mass is 223 g/mol. The molecule has 0 aliphatic rings. The van der Waals surface area contributed by atoms with E-state index < -0.39 is 6.48 Å². The standard InChI is InChI=1S/C10H13N3O3/c1-14-10(15-2)16-6-8-4-3-5-13-7-11-12-9(8)13/h3-5,7,10H,6H2,1-2H3. The molecular formula is C10H13N3O3. The van der Waals surface area contributed by atoms with Gasteiger partial charge in [-0.1, -0.05) is 6.07 Å². The van der Waals surface area contributed by atoms with Gasteiger partial charge in [0, 0.05) is 26.0 Å². The maximum absolute atomic E-state index is 5.38. The molecule has 0 aliphatic carbocycles. The van der Waals surface area contributed by atoms with Crippen molar-refractivity contribution in [2.24, 2.45) is 0 Å². The van der Waals surface area contributed by atoms with Crippen molar-refractivity contribution in [3.63, 3.8) is 0 Å². The van der Waals surface area contributed by atoms with Crippen LogP contribution in [0.5, 0.6) is 0 Å². The number of aromatic nitrogens is 3. The molecule has 0 aromatic carbocycles. The lowest BCUT2D eigenvalue weighted by molar-refractivity contribution is -0.270. The maximum Gasteiger partial charge on any atom is 0.271 e. The minimum absolute atomic E-state index is 0.357. The Morgan fingerprint density at radius 3 is 2.94 bits per heavy atom. The van der Waals surface area contributed by atoms with Crippen molar-refractivity contribution in [2.45, 2.75) is 13.1 Å². The molecule has 16 heavy (non-hydrogen) atoms. The van der Waals surface area contributed by atoms with Crippen LogP contribution in [0.4, 0.5) is 0 Å². The van der Waals surface area contributed by atoms with Gasteiger partial charge in [0.15, 0.2) is 5.65 Å². The van der Waals surface area contributed by atoms with Crippen LogP contribution in [-0.2, 0) is 20.8 Å². The quantitative estimate of drug-likeness (QED) is 0.702. The molecule has 2 aromatic heterocycles. The number of nitrogens with zero attached hydrogens (tertiary/aromatic N) is 3. The van der Waals surface area contributed by atoms with E-state index in [0.717, 1.165) is 11.2 Å². The van der Waals surface area contributed by atoms with Crippen molar-refractivity contribution >= 4 is 5.65 Å². The first-order chi connectivity index (χ1) is 7.85. The van der Waals surface area contributed by atoms with E-state index in [1.54, 1.807) is 6.33 Å². The summed E-state index contributed by atoms with van der Waals surface area (Å²) < 4.78 is 17.1. The van der Waals surface area contributed by atoms with E-state index in [4.69, 9.17) is 14.2 Å². The predicted molar refractivity (Wildman–Crippen MR) is 55.6 cm³/mol. The summed E-state index contributed by atoms with van der Waals surface area (Å²) in [5.41, 5.74) is 1.70. The SMILES string of the molecule is COC(OC)OCc1cccn2cnnc12. The Morgan fingerprint density at radius 1 is 1.38 bits per heavy atom. The molecule has 0 unspecified atom stereocenters. The number of methoxy groups -OCH3 is 2. The highest BCUT2D eigenvalue weighted by molar-refractivity contribution is 5.45. The Morgan fingerprint density at radius 2 is 2.19 bits per heavy atom. The zero-order chi connectivity index (χ0) is 11.4. The second-order valence-electron chi connectivity index (χ2n) is 3.17. The first kappa shape index (κ1) is 11.0. The normalized spacial score (nSPS) is 11.4. The zero-order valence-corrected chi connectivity index (χ0v) is 9.16. The Kier molecular flexibility index (Phi) is 3.45. The summed E-state index contributed by atoms with van der Waals surface area (Å²) in [4.78, 5) is 0. The van der Waals surface area contributed by atoms with Crippen LogP contribution in [0, 0.1) is 0 Å². The van der Waals surface area contributed by atoms with Crippen molar-refractivity contribution in [1.29, 1.82) is 0 Å². The molecule has 6 nitrogen and oxygen atoms in total. The highest BCUT2D eigenvalue weighted by Gasteiger charge is 2.08. The molecule has 0 amide bonds. The molecule has 6 heteroatoms. The second-order valence-corrected chi connectivity index (χ2v) is 3.17. The fourth-order valence-electron chi connectivity index (χ4n) is 1.41. The van der Waals surface area contributed by atoms with E-state index in [1.165, 1.54) is 14.2 Å². The molecule has 86 valence electrons. The van der Waals surface area contributed by atoms with Crippen LogP contribution < -0.4 is 0 Å². The largest absolute Gasteiger partial charge is 0.333 e. The van der Waals surface area contributed by atoms with E-state index in [9.17, 15) is 0 Å². The lowest BCUT2D eigenvalue weighted by atomic mass is 10.3. The van der Waals surface area contributed by atoms with Crippen LogP contribution in [0.3, 0.4) is 0 Å². The maximum atomic E-state index is 5.38. The Labute approximate surface area is 92.8 Å². The van der Waals surface area contributed by atoms with Crippen LogP contribution in [0.15, 0.2) is 24.7 Å². The molecule has 0 atom stereocenters. The van der Waals surface area contributed by atoms with Gasteiger partial charge in [0.25, 0.3) is 6.48 Å². The topological polar surface area (TPSA) is 57.9 Å². The van der Waals surface area contributed by atoms with Crippen molar-refractivity contribution in [1.82, 2.24) is 14.6 Å². The third-order valence-electron chi connectivity index (χ3n) is 2.16. The molecule has 0 saturated heterocycles. The number of hydrogen-bond acceptors (Lipinski definition) is 5. The Balaban J connectivity index is 2.11. The van der Waals surface area contributed by atoms with Crippen molar-refractivity contribution in [3.05, 3.63) is 30.2 Å². The van der Waals surface area contributed by atoms with Gasteiger partial charge in [-0.05, 0) is 6.07 Å².